The molecule has 1 aromatic carbocycles. The standard InChI is InChI=1S/C13H14BrNO6/c1-7-2-3-10(8(14)4-7)21-6-11(16)15-9(13(19)20)5-12(17)18/h2-4,9H,5-6H2,1H3,(H,15,16)(H,17,18)(H,19,20)/t9-/m1/s1. The van der Waals surface area contributed by atoms with Crippen molar-refractivity contribution in [2.75, 3.05) is 6.61 Å². The van der Waals surface area contributed by atoms with Crippen LogP contribution in [0.3, 0.4) is 0 Å². The quantitative estimate of drug-likeness (QED) is 0.673. The van der Waals surface area contributed by atoms with Gasteiger partial charge in [-0.1, -0.05) is 6.07 Å². The molecule has 0 spiro atoms. The number of hydrogen-bond donors (Lipinski definition) is 3. The molecule has 0 bridgehead atoms. The van der Waals surface area contributed by atoms with E-state index in [1.54, 1.807) is 18.2 Å². The van der Waals surface area contributed by atoms with Gasteiger partial charge >= 0.3 is 11.9 Å². The van der Waals surface area contributed by atoms with E-state index in [1.807, 2.05) is 6.92 Å². The lowest BCUT2D eigenvalue weighted by Gasteiger charge is -2.13. The van der Waals surface area contributed by atoms with Crippen LogP contribution in [0.2, 0.25) is 0 Å². The predicted molar refractivity (Wildman–Crippen MR) is 76.2 cm³/mol. The minimum absolute atomic E-state index is 0.412. The molecule has 1 aromatic rings. The number of nitrogens with one attached hydrogen (secondary N) is 1. The Morgan fingerprint density at radius 2 is 2.00 bits per heavy atom. The molecule has 3 N–H and O–H groups in total. The van der Waals surface area contributed by atoms with Crippen molar-refractivity contribution in [3.05, 3.63) is 28.2 Å². The van der Waals surface area contributed by atoms with E-state index >= 15 is 0 Å². The Kier molecular flexibility index (Phi) is 6.16. The number of aryl methyl sites for hydroxylation is 1. The van der Waals surface area contributed by atoms with Gasteiger partial charge in [0.05, 0.1) is 10.9 Å². The van der Waals surface area contributed by atoms with Crippen molar-refractivity contribution in [1.82, 2.24) is 5.32 Å². The molecule has 0 aliphatic rings. The van der Waals surface area contributed by atoms with Crippen LogP contribution in [0, 0.1) is 6.92 Å². The number of benzene rings is 1. The Morgan fingerprint density at radius 3 is 2.52 bits per heavy atom. The lowest BCUT2D eigenvalue weighted by atomic mass is 10.2. The highest BCUT2D eigenvalue weighted by Gasteiger charge is 2.23. The van der Waals surface area contributed by atoms with E-state index in [4.69, 9.17) is 14.9 Å². The summed E-state index contributed by atoms with van der Waals surface area (Å²) >= 11 is 3.28. The molecule has 0 heterocycles. The summed E-state index contributed by atoms with van der Waals surface area (Å²) in [5.74, 6) is -3.01. The van der Waals surface area contributed by atoms with Gasteiger partial charge in [-0.3, -0.25) is 9.59 Å². The molecule has 1 rings (SSSR count). The SMILES string of the molecule is Cc1ccc(OCC(=O)N[C@H](CC(=O)O)C(=O)O)c(Br)c1. The van der Waals surface area contributed by atoms with Crippen LogP contribution in [0.4, 0.5) is 0 Å². The molecule has 0 saturated carbocycles. The van der Waals surface area contributed by atoms with E-state index in [0.717, 1.165) is 5.56 Å². The van der Waals surface area contributed by atoms with E-state index in [9.17, 15) is 14.4 Å². The summed E-state index contributed by atoms with van der Waals surface area (Å²) in [6, 6.07) is 3.78. The molecule has 8 heteroatoms. The maximum Gasteiger partial charge on any atom is 0.326 e. The fraction of sp³-hybridized carbons (Fsp3) is 0.308. The third kappa shape index (κ3) is 5.82. The molecule has 0 aromatic heterocycles. The molecular formula is C13H14BrNO6. The second-order valence-corrected chi connectivity index (χ2v) is 5.13. The van der Waals surface area contributed by atoms with Crippen LogP contribution in [0.5, 0.6) is 5.75 Å². The van der Waals surface area contributed by atoms with Crippen LogP contribution >= 0.6 is 15.9 Å². The number of aliphatic carboxylic acids is 2. The first-order valence-corrected chi connectivity index (χ1v) is 6.72. The summed E-state index contributed by atoms with van der Waals surface area (Å²) < 4.78 is 5.90. The van der Waals surface area contributed by atoms with E-state index in [1.165, 1.54) is 0 Å². The number of hydrogen-bond acceptors (Lipinski definition) is 4. The topological polar surface area (TPSA) is 113 Å². The first-order valence-electron chi connectivity index (χ1n) is 5.92. The smallest absolute Gasteiger partial charge is 0.326 e. The van der Waals surface area contributed by atoms with Gasteiger partial charge in [0.15, 0.2) is 6.61 Å². The molecule has 0 aliphatic carbocycles. The summed E-state index contributed by atoms with van der Waals surface area (Å²) in [4.78, 5) is 32.9. The number of amides is 1. The van der Waals surface area contributed by atoms with E-state index in [2.05, 4.69) is 21.2 Å². The lowest BCUT2D eigenvalue weighted by Crippen LogP contribution is -2.44. The number of carboxylic acids is 2. The third-order valence-corrected chi connectivity index (χ3v) is 3.08. The number of rotatable bonds is 7. The van der Waals surface area contributed by atoms with Crippen LogP contribution in [-0.2, 0) is 14.4 Å². The minimum atomic E-state index is -1.49. The Bertz CT molecular complexity index is 560. The average Bonchev–Trinajstić information content (AvgIpc) is 2.36. The maximum atomic E-state index is 11.6. The lowest BCUT2D eigenvalue weighted by molar-refractivity contribution is -0.147. The fourth-order valence-corrected chi connectivity index (χ4v) is 2.08. The number of carbonyl (C=O) groups is 3. The predicted octanol–water partition coefficient (Wildman–Crippen LogP) is 1.18. The van der Waals surface area contributed by atoms with Gasteiger partial charge in [0, 0.05) is 0 Å². The molecule has 1 atom stereocenters. The van der Waals surface area contributed by atoms with Crippen LogP contribution in [0.1, 0.15) is 12.0 Å². The summed E-state index contributed by atoms with van der Waals surface area (Å²) in [5.41, 5.74) is 1.01. The van der Waals surface area contributed by atoms with Gasteiger partial charge in [-0.05, 0) is 40.5 Å². The zero-order chi connectivity index (χ0) is 16.0. The summed E-state index contributed by atoms with van der Waals surface area (Å²) in [6.45, 7) is 1.48. The van der Waals surface area contributed by atoms with Gasteiger partial charge in [-0.2, -0.15) is 0 Å². The monoisotopic (exact) mass is 359 g/mol. The molecule has 114 valence electrons. The molecule has 0 unspecified atom stereocenters. The van der Waals surface area contributed by atoms with Gasteiger partial charge in [-0.15, -0.1) is 0 Å². The molecular weight excluding hydrogens is 346 g/mol. The minimum Gasteiger partial charge on any atom is -0.483 e. The highest BCUT2D eigenvalue weighted by Crippen LogP contribution is 2.25. The normalized spacial score (nSPS) is 11.5. The zero-order valence-corrected chi connectivity index (χ0v) is 12.7. The molecule has 21 heavy (non-hydrogen) atoms. The van der Waals surface area contributed by atoms with Crippen LogP contribution in [-0.4, -0.2) is 40.7 Å². The van der Waals surface area contributed by atoms with E-state index in [-0.39, 0.29) is 0 Å². The maximum absolute atomic E-state index is 11.6. The van der Waals surface area contributed by atoms with Crippen LogP contribution < -0.4 is 10.1 Å². The number of halogens is 1. The highest BCUT2D eigenvalue weighted by atomic mass is 79.9. The first-order chi connectivity index (χ1) is 9.79. The summed E-state index contributed by atoms with van der Waals surface area (Å²) in [5, 5.41) is 19.5. The Morgan fingerprint density at radius 1 is 1.33 bits per heavy atom. The molecule has 0 aliphatic heterocycles. The van der Waals surface area contributed by atoms with Gasteiger partial charge in [-0.25, -0.2) is 4.79 Å². The van der Waals surface area contributed by atoms with E-state index < -0.39 is 36.9 Å². The number of carbonyl (C=O) groups excluding carboxylic acids is 1. The Labute approximate surface area is 129 Å². The van der Waals surface area contributed by atoms with Crippen molar-refractivity contribution in [1.29, 1.82) is 0 Å². The molecule has 0 fully saturated rings. The zero-order valence-electron chi connectivity index (χ0n) is 11.1. The Hall–Kier alpha value is -2.09. The van der Waals surface area contributed by atoms with Gasteiger partial charge in [0.2, 0.25) is 0 Å². The van der Waals surface area contributed by atoms with Crippen molar-refractivity contribution in [2.45, 2.75) is 19.4 Å². The largest absolute Gasteiger partial charge is 0.483 e. The van der Waals surface area contributed by atoms with Crippen molar-refractivity contribution < 1.29 is 29.3 Å². The second-order valence-electron chi connectivity index (χ2n) is 4.28. The van der Waals surface area contributed by atoms with Crippen molar-refractivity contribution in [2.24, 2.45) is 0 Å². The van der Waals surface area contributed by atoms with Gasteiger partial charge in [0.25, 0.3) is 5.91 Å². The van der Waals surface area contributed by atoms with Gasteiger partial charge in [0.1, 0.15) is 11.8 Å². The van der Waals surface area contributed by atoms with Crippen LogP contribution in [0.15, 0.2) is 22.7 Å². The molecule has 0 saturated heterocycles. The van der Waals surface area contributed by atoms with Crippen molar-refractivity contribution >= 4 is 33.8 Å². The number of carboxylic acid groups (broad SMARTS) is 2. The van der Waals surface area contributed by atoms with E-state index in [0.29, 0.717) is 10.2 Å². The summed E-state index contributed by atoms with van der Waals surface area (Å²) in [7, 11) is 0. The van der Waals surface area contributed by atoms with Crippen molar-refractivity contribution in [3.8, 4) is 5.75 Å². The first kappa shape index (κ1) is 17.0. The number of ether oxygens (including phenoxy) is 1. The second kappa shape index (κ2) is 7.63. The average molecular weight is 360 g/mol. The Balaban J connectivity index is 2.56. The molecule has 0 radical (unpaired) electrons. The molecule has 7 nitrogen and oxygen atoms in total. The third-order valence-electron chi connectivity index (χ3n) is 2.46. The van der Waals surface area contributed by atoms with Crippen molar-refractivity contribution in [3.63, 3.8) is 0 Å². The van der Waals surface area contributed by atoms with Crippen LogP contribution in [0.25, 0.3) is 0 Å². The highest BCUT2D eigenvalue weighted by molar-refractivity contribution is 9.10. The summed E-state index contributed by atoms with van der Waals surface area (Å²) in [6.07, 6.45) is -0.699. The van der Waals surface area contributed by atoms with Gasteiger partial charge < -0.3 is 20.3 Å². The molecule has 1 amide bonds. The fourth-order valence-electron chi connectivity index (χ4n) is 1.48.